The summed E-state index contributed by atoms with van der Waals surface area (Å²) >= 11 is 0. The zero-order valence-electron chi connectivity index (χ0n) is 13.1. The van der Waals surface area contributed by atoms with Gasteiger partial charge in [-0.2, -0.15) is 0 Å². The highest BCUT2D eigenvalue weighted by atomic mass is 19.1. The Kier molecular flexibility index (Phi) is 4.98. The Balaban J connectivity index is 1.72. The van der Waals surface area contributed by atoms with Crippen molar-refractivity contribution < 1.29 is 13.6 Å². The lowest BCUT2D eigenvalue weighted by atomic mass is 10.2. The van der Waals surface area contributed by atoms with Crippen LogP contribution in [0.3, 0.4) is 0 Å². The molecule has 126 valence electrons. The van der Waals surface area contributed by atoms with Gasteiger partial charge in [-0.15, -0.1) is 0 Å². The third kappa shape index (κ3) is 3.67. The van der Waals surface area contributed by atoms with Gasteiger partial charge in [0, 0.05) is 13.1 Å². The Morgan fingerprint density at radius 3 is 2.25 bits per heavy atom. The topological polar surface area (TPSA) is 58.1 Å². The molecule has 24 heavy (non-hydrogen) atoms. The van der Waals surface area contributed by atoms with Crippen LogP contribution in [0.2, 0.25) is 0 Å². The monoisotopic (exact) mass is 332 g/mol. The quantitative estimate of drug-likeness (QED) is 0.934. The van der Waals surface area contributed by atoms with E-state index >= 15 is 0 Å². The molecule has 1 N–H and O–H groups in total. The SMILES string of the molecule is O=C(c1cnc(Nc2c(F)cccc2F)cn1)N1CCCCCC1. The molecule has 1 aliphatic heterocycles. The molecular weight excluding hydrogens is 314 g/mol. The first-order valence-electron chi connectivity index (χ1n) is 7.97. The molecule has 0 unspecified atom stereocenters. The maximum Gasteiger partial charge on any atom is 0.274 e. The molecule has 2 aromatic rings. The van der Waals surface area contributed by atoms with Gasteiger partial charge in [0.15, 0.2) is 0 Å². The van der Waals surface area contributed by atoms with E-state index in [0.29, 0.717) is 0 Å². The second-order valence-electron chi connectivity index (χ2n) is 5.71. The van der Waals surface area contributed by atoms with Gasteiger partial charge < -0.3 is 10.2 Å². The normalized spacial score (nSPS) is 15.0. The summed E-state index contributed by atoms with van der Waals surface area (Å²) in [6.07, 6.45) is 6.88. The Bertz CT molecular complexity index is 693. The van der Waals surface area contributed by atoms with E-state index in [4.69, 9.17) is 0 Å². The van der Waals surface area contributed by atoms with Crippen LogP contribution in [0.5, 0.6) is 0 Å². The van der Waals surface area contributed by atoms with Crippen LogP contribution in [-0.2, 0) is 0 Å². The molecule has 1 aliphatic rings. The second kappa shape index (κ2) is 7.33. The molecule has 3 rings (SSSR count). The maximum atomic E-state index is 13.6. The zero-order chi connectivity index (χ0) is 16.9. The van der Waals surface area contributed by atoms with Gasteiger partial charge in [-0.25, -0.2) is 18.7 Å². The van der Waals surface area contributed by atoms with Gasteiger partial charge in [-0.05, 0) is 25.0 Å². The van der Waals surface area contributed by atoms with E-state index in [2.05, 4.69) is 15.3 Å². The molecule has 1 aromatic carbocycles. The van der Waals surface area contributed by atoms with Crippen LogP contribution in [0.15, 0.2) is 30.6 Å². The predicted octanol–water partition coefficient (Wildman–Crippen LogP) is 3.51. The Labute approximate surface area is 138 Å². The van der Waals surface area contributed by atoms with E-state index < -0.39 is 11.6 Å². The lowest BCUT2D eigenvalue weighted by molar-refractivity contribution is 0.0755. The van der Waals surface area contributed by atoms with Crippen molar-refractivity contribution in [3.63, 3.8) is 0 Å². The first-order chi connectivity index (χ1) is 11.6. The third-order valence-corrected chi connectivity index (χ3v) is 3.98. The Morgan fingerprint density at radius 1 is 1.00 bits per heavy atom. The van der Waals surface area contributed by atoms with Crippen LogP contribution in [0.1, 0.15) is 36.2 Å². The van der Waals surface area contributed by atoms with E-state index in [-0.39, 0.29) is 23.1 Å². The number of nitrogens with zero attached hydrogens (tertiary/aromatic N) is 3. The number of likely N-dealkylation sites (tertiary alicyclic amines) is 1. The van der Waals surface area contributed by atoms with Crippen LogP contribution in [0.4, 0.5) is 20.3 Å². The first kappa shape index (κ1) is 16.3. The fourth-order valence-electron chi connectivity index (χ4n) is 2.68. The largest absolute Gasteiger partial charge is 0.337 e. The highest BCUT2D eigenvalue weighted by molar-refractivity contribution is 5.92. The molecular formula is C17H18F2N4O. The molecule has 0 atom stereocenters. The fraction of sp³-hybridized carbons (Fsp3) is 0.353. The number of carbonyl (C=O) groups is 1. The molecule has 1 aromatic heterocycles. The highest BCUT2D eigenvalue weighted by Gasteiger charge is 2.19. The van der Waals surface area contributed by atoms with Crippen molar-refractivity contribution in [1.29, 1.82) is 0 Å². The van der Waals surface area contributed by atoms with Crippen LogP contribution < -0.4 is 5.32 Å². The number of amides is 1. The minimum absolute atomic E-state index is 0.159. The highest BCUT2D eigenvalue weighted by Crippen LogP contribution is 2.21. The first-order valence-corrected chi connectivity index (χ1v) is 7.97. The van der Waals surface area contributed by atoms with Crippen molar-refractivity contribution in [1.82, 2.24) is 14.9 Å². The number of hydrogen-bond acceptors (Lipinski definition) is 4. The predicted molar refractivity (Wildman–Crippen MR) is 86.0 cm³/mol. The van der Waals surface area contributed by atoms with E-state index in [9.17, 15) is 13.6 Å². The van der Waals surface area contributed by atoms with Gasteiger partial charge >= 0.3 is 0 Å². The van der Waals surface area contributed by atoms with Gasteiger partial charge in [-0.3, -0.25) is 4.79 Å². The Hall–Kier alpha value is -2.57. The van der Waals surface area contributed by atoms with E-state index in [1.807, 2.05) is 0 Å². The van der Waals surface area contributed by atoms with Crippen molar-refractivity contribution >= 4 is 17.4 Å². The van der Waals surface area contributed by atoms with Crippen molar-refractivity contribution in [3.05, 3.63) is 47.9 Å². The van der Waals surface area contributed by atoms with Crippen LogP contribution in [0, 0.1) is 11.6 Å². The second-order valence-corrected chi connectivity index (χ2v) is 5.71. The van der Waals surface area contributed by atoms with Crippen molar-refractivity contribution in [3.8, 4) is 0 Å². The molecule has 0 radical (unpaired) electrons. The summed E-state index contributed by atoms with van der Waals surface area (Å²) in [4.78, 5) is 22.3. The summed E-state index contributed by atoms with van der Waals surface area (Å²) in [5.41, 5.74) is -0.0603. The van der Waals surface area contributed by atoms with Crippen LogP contribution in [0.25, 0.3) is 0 Å². The lowest BCUT2D eigenvalue weighted by Gasteiger charge is -2.19. The molecule has 1 saturated heterocycles. The van der Waals surface area contributed by atoms with Gasteiger partial charge in [0.2, 0.25) is 0 Å². The molecule has 7 heteroatoms. The van der Waals surface area contributed by atoms with E-state index in [1.165, 1.54) is 18.5 Å². The van der Waals surface area contributed by atoms with Gasteiger partial charge in [-0.1, -0.05) is 18.9 Å². The molecule has 0 spiro atoms. The standard InChI is InChI=1S/C17H18F2N4O/c18-12-6-5-7-13(19)16(12)22-15-11-20-14(10-21-15)17(24)23-8-3-1-2-4-9-23/h5-7,10-11H,1-4,8-9H2,(H,21,22). The van der Waals surface area contributed by atoms with Crippen LogP contribution >= 0.6 is 0 Å². The number of rotatable bonds is 3. The summed E-state index contributed by atoms with van der Waals surface area (Å²) < 4.78 is 27.2. The smallest absolute Gasteiger partial charge is 0.274 e. The summed E-state index contributed by atoms with van der Waals surface area (Å²) in [6.45, 7) is 1.45. The maximum absolute atomic E-state index is 13.6. The molecule has 5 nitrogen and oxygen atoms in total. The summed E-state index contributed by atoms with van der Waals surface area (Å²) in [7, 11) is 0. The molecule has 1 amide bonds. The van der Waals surface area contributed by atoms with Gasteiger partial charge in [0.1, 0.15) is 28.8 Å². The van der Waals surface area contributed by atoms with Gasteiger partial charge in [0.05, 0.1) is 12.4 Å². The van der Waals surface area contributed by atoms with E-state index in [0.717, 1.165) is 50.9 Å². The molecule has 2 heterocycles. The van der Waals surface area contributed by atoms with Crippen molar-refractivity contribution in [2.45, 2.75) is 25.7 Å². The molecule has 0 aliphatic carbocycles. The molecule has 0 saturated carbocycles. The number of para-hydroxylation sites is 1. The number of nitrogens with one attached hydrogen (secondary N) is 1. The summed E-state index contributed by atoms with van der Waals surface area (Å²) in [5.74, 6) is -1.43. The molecule has 0 bridgehead atoms. The lowest BCUT2D eigenvalue weighted by Crippen LogP contribution is -2.32. The number of aromatic nitrogens is 2. The summed E-state index contributed by atoms with van der Waals surface area (Å²) in [5, 5.41) is 2.55. The summed E-state index contributed by atoms with van der Waals surface area (Å²) in [6, 6.07) is 3.58. The number of halogens is 2. The number of hydrogen-bond donors (Lipinski definition) is 1. The Morgan fingerprint density at radius 2 is 1.67 bits per heavy atom. The molecule has 1 fully saturated rings. The number of anilines is 2. The number of carbonyl (C=O) groups excluding carboxylic acids is 1. The minimum atomic E-state index is -0.721. The van der Waals surface area contributed by atoms with Crippen LogP contribution in [-0.4, -0.2) is 33.9 Å². The number of benzene rings is 1. The van der Waals surface area contributed by atoms with Gasteiger partial charge in [0.25, 0.3) is 5.91 Å². The minimum Gasteiger partial charge on any atom is -0.337 e. The fourth-order valence-corrected chi connectivity index (χ4v) is 2.68. The van der Waals surface area contributed by atoms with E-state index in [1.54, 1.807) is 4.90 Å². The van der Waals surface area contributed by atoms with Crippen molar-refractivity contribution in [2.75, 3.05) is 18.4 Å². The average molecular weight is 332 g/mol. The zero-order valence-corrected chi connectivity index (χ0v) is 13.1. The third-order valence-electron chi connectivity index (χ3n) is 3.98. The van der Waals surface area contributed by atoms with Crippen molar-refractivity contribution in [2.24, 2.45) is 0 Å². The average Bonchev–Trinajstić information content (AvgIpc) is 2.88.